The van der Waals surface area contributed by atoms with Gasteiger partial charge in [-0.25, -0.2) is 0 Å². The number of carbonyl (C=O) groups excluding carboxylic acids is 1. The molecule has 0 unspecified atom stereocenters. The third-order valence-electron chi connectivity index (χ3n) is 5.34. The van der Waals surface area contributed by atoms with E-state index in [0.717, 1.165) is 27.4 Å². The fourth-order valence-corrected chi connectivity index (χ4v) is 4.02. The second kappa shape index (κ2) is 8.25. The van der Waals surface area contributed by atoms with Gasteiger partial charge in [0, 0.05) is 33.1 Å². The van der Waals surface area contributed by atoms with Crippen molar-refractivity contribution in [2.24, 2.45) is 0 Å². The lowest BCUT2D eigenvalue weighted by Gasteiger charge is -2.11. The molecule has 1 N–H and O–H groups in total. The third kappa shape index (κ3) is 3.72. The van der Waals surface area contributed by atoms with Crippen molar-refractivity contribution in [3.63, 3.8) is 0 Å². The van der Waals surface area contributed by atoms with Gasteiger partial charge >= 0.3 is 0 Å². The SMILES string of the molecule is O=C(C=Cc1ccc2cccnc2c1)c1c(-c2ccccc2)c2cc(Cl)ccc2[nH]c1=O. The highest BCUT2D eigenvalue weighted by atomic mass is 35.5. The maximum atomic E-state index is 13.3. The summed E-state index contributed by atoms with van der Waals surface area (Å²) in [5, 5.41) is 2.26. The Morgan fingerprint density at radius 2 is 1.78 bits per heavy atom. The Morgan fingerprint density at radius 3 is 2.62 bits per heavy atom. The number of carbonyl (C=O) groups is 1. The molecule has 5 rings (SSSR count). The summed E-state index contributed by atoms with van der Waals surface area (Å²) in [7, 11) is 0. The second-order valence-electron chi connectivity index (χ2n) is 7.41. The van der Waals surface area contributed by atoms with E-state index in [1.807, 2.05) is 60.7 Å². The number of fused-ring (bicyclic) bond motifs is 2. The summed E-state index contributed by atoms with van der Waals surface area (Å²) in [5.74, 6) is -0.381. The molecule has 0 aliphatic heterocycles. The molecule has 0 aliphatic rings. The first-order valence-corrected chi connectivity index (χ1v) is 10.5. The van der Waals surface area contributed by atoms with Gasteiger partial charge in [-0.05, 0) is 47.5 Å². The van der Waals surface area contributed by atoms with E-state index in [1.165, 1.54) is 6.08 Å². The molecule has 4 nitrogen and oxygen atoms in total. The number of rotatable bonds is 4. The van der Waals surface area contributed by atoms with E-state index in [9.17, 15) is 9.59 Å². The Hall–Kier alpha value is -4.02. The first-order valence-electron chi connectivity index (χ1n) is 10.1. The van der Waals surface area contributed by atoms with Gasteiger partial charge in [-0.3, -0.25) is 14.6 Å². The number of halogens is 1. The molecule has 0 aliphatic carbocycles. The lowest BCUT2D eigenvalue weighted by atomic mass is 9.94. The number of allylic oxidation sites excluding steroid dienone is 1. The van der Waals surface area contributed by atoms with Crippen molar-refractivity contribution in [1.29, 1.82) is 0 Å². The number of nitrogens with zero attached hydrogens (tertiary/aromatic N) is 1. The minimum Gasteiger partial charge on any atom is -0.321 e. The molecule has 0 saturated heterocycles. The number of ketones is 1. The first-order chi connectivity index (χ1) is 15.6. The molecule has 0 spiro atoms. The number of aromatic nitrogens is 2. The molecule has 2 aromatic heterocycles. The first kappa shape index (κ1) is 19.9. The van der Waals surface area contributed by atoms with Crippen LogP contribution in [0, 0.1) is 0 Å². The normalized spacial score (nSPS) is 11.4. The highest BCUT2D eigenvalue weighted by Gasteiger charge is 2.19. The van der Waals surface area contributed by atoms with E-state index >= 15 is 0 Å². The molecule has 3 aromatic carbocycles. The number of aromatic amines is 1. The molecule has 32 heavy (non-hydrogen) atoms. The summed E-state index contributed by atoms with van der Waals surface area (Å²) in [6.07, 6.45) is 4.86. The van der Waals surface area contributed by atoms with Crippen LogP contribution in [0.3, 0.4) is 0 Å². The molecule has 0 atom stereocenters. The van der Waals surface area contributed by atoms with Gasteiger partial charge in [0.15, 0.2) is 5.78 Å². The minimum atomic E-state index is -0.437. The van der Waals surface area contributed by atoms with Crippen molar-refractivity contribution in [3.05, 3.63) is 118 Å². The molecule has 154 valence electrons. The lowest BCUT2D eigenvalue weighted by molar-refractivity contribution is 0.104. The van der Waals surface area contributed by atoms with Crippen LogP contribution in [0.15, 0.2) is 95.9 Å². The van der Waals surface area contributed by atoms with Crippen molar-refractivity contribution < 1.29 is 4.79 Å². The molecular weight excluding hydrogens is 420 g/mol. The number of benzene rings is 3. The average Bonchev–Trinajstić information content (AvgIpc) is 2.82. The predicted molar refractivity (Wildman–Crippen MR) is 130 cm³/mol. The molecule has 0 saturated carbocycles. The van der Waals surface area contributed by atoms with Crippen molar-refractivity contribution in [2.75, 3.05) is 0 Å². The van der Waals surface area contributed by atoms with Crippen LogP contribution in [-0.2, 0) is 0 Å². The fourth-order valence-electron chi connectivity index (χ4n) is 3.85. The summed E-state index contributed by atoms with van der Waals surface area (Å²) < 4.78 is 0. The molecule has 0 radical (unpaired) electrons. The van der Waals surface area contributed by atoms with Crippen molar-refractivity contribution in [2.45, 2.75) is 0 Å². The minimum absolute atomic E-state index is 0.0844. The van der Waals surface area contributed by atoms with Gasteiger partial charge in [-0.1, -0.05) is 66.2 Å². The third-order valence-corrected chi connectivity index (χ3v) is 5.58. The van der Waals surface area contributed by atoms with Gasteiger partial charge in [0.2, 0.25) is 0 Å². The average molecular weight is 437 g/mol. The number of H-pyrrole nitrogens is 1. The van der Waals surface area contributed by atoms with Gasteiger partial charge in [0.1, 0.15) is 0 Å². The molecule has 0 fully saturated rings. The number of nitrogens with one attached hydrogen (secondary N) is 1. The quantitative estimate of drug-likeness (QED) is 0.266. The van der Waals surface area contributed by atoms with Crippen molar-refractivity contribution in [3.8, 4) is 11.1 Å². The Kier molecular flexibility index (Phi) is 5.13. The van der Waals surface area contributed by atoms with Crippen LogP contribution in [0.4, 0.5) is 0 Å². The summed E-state index contributed by atoms with van der Waals surface area (Å²) in [4.78, 5) is 33.4. The van der Waals surface area contributed by atoms with Crippen LogP contribution in [0.25, 0.3) is 39.0 Å². The lowest BCUT2D eigenvalue weighted by Crippen LogP contribution is -2.18. The molecule has 0 bridgehead atoms. The summed E-state index contributed by atoms with van der Waals surface area (Å²) in [5.41, 5.74) is 3.28. The fraction of sp³-hybridized carbons (Fsp3) is 0. The van der Waals surface area contributed by atoms with E-state index in [-0.39, 0.29) is 11.3 Å². The molecule has 5 heteroatoms. The zero-order chi connectivity index (χ0) is 22.1. The molecular formula is C27H17ClN2O2. The Balaban J connectivity index is 1.65. The van der Waals surface area contributed by atoms with E-state index < -0.39 is 5.56 Å². The van der Waals surface area contributed by atoms with Gasteiger partial charge < -0.3 is 4.98 Å². The Bertz CT molecular complexity index is 1570. The van der Waals surface area contributed by atoms with Gasteiger partial charge in [-0.2, -0.15) is 0 Å². The van der Waals surface area contributed by atoms with Crippen LogP contribution in [-0.4, -0.2) is 15.8 Å². The molecule has 0 amide bonds. The van der Waals surface area contributed by atoms with E-state index in [1.54, 1.807) is 30.5 Å². The Morgan fingerprint density at radius 1 is 0.938 bits per heavy atom. The van der Waals surface area contributed by atoms with Crippen LogP contribution in [0.2, 0.25) is 5.02 Å². The van der Waals surface area contributed by atoms with Gasteiger partial charge in [0.25, 0.3) is 5.56 Å². The standard InChI is InChI=1S/C27H17ClN2O2/c28-20-11-12-22-21(16-20)25(19-5-2-1-3-6-19)26(27(32)30-22)24(31)13-9-17-8-10-18-7-4-14-29-23(18)15-17/h1-16H,(H,30,32). The summed E-state index contributed by atoms with van der Waals surface area (Å²) >= 11 is 6.24. The van der Waals surface area contributed by atoms with E-state index in [2.05, 4.69) is 9.97 Å². The summed E-state index contributed by atoms with van der Waals surface area (Å²) in [6.45, 7) is 0. The highest BCUT2D eigenvalue weighted by molar-refractivity contribution is 6.31. The number of hydrogen-bond donors (Lipinski definition) is 1. The van der Waals surface area contributed by atoms with Crippen LogP contribution in [0.5, 0.6) is 0 Å². The maximum absolute atomic E-state index is 13.3. The molecule has 5 aromatic rings. The zero-order valence-electron chi connectivity index (χ0n) is 16.9. The smallest absolute Gasteiger partial charge is 0.260 e. The van der Waals surface area contributed by atoms with Crippen molar-refractivity contribution in [1.82, 2.24) is 9.97 Å². The van der Waals surface area contributed by atoms with Crippen LogP contribution < -0.4 is 5.56 Å². The van der Waals surface area contributed by atoms with E-state index in [4.69, 9.17) is 11.6 Å². The largest absolute Gasteiger partial charge is 0.321 e. The summed E-state index contributed by atoms with van der Waals surface area (Å²) in [6, 6.07) is 24.3. The highest BCUT2D eigenvalue weighted by Crippen LogP contribution is 2.31. The number of pyridine rings is 2. The number of hydrogen-bond acceptors (Lipinski definition) is 3. The second-order valence-corrected chi connectivity index (χ2v) is 7.85. The van der Waals surface area contributed by atoms with Crippen LogP contribution >= 0.6 is 11.6 Å². The Labute approximate surface area is 188 Å². The maximum Gasteiger partial charge on any atom is 0.260 e. The monoisotopic (exact) mass is 436 g/mol. The predicted octanol–water partition coefficient (Wildman–Crippen LogP) is 6.29. The van der Waals surface area contributed by atoms with Crippen molar-refractivity contribution >= 4 is 45.3 Å². The van der Waals surface area contributed by atoms with Gasteiger partial charge in [0.05, 0.1) is 11.1 Å². The topological polar surface area (TPSA) is 62.8 Å². The van der Waals surface area contributed by atoms with Crippen LogP contribution in [0.1, 0.15) is 15.9 Å². The van der Waals surface area contributed by atoms with E-state index in [0.29, 0.717) is 16.1 Å². The zero-order valence-corrected chi connectivity index (χ0v) is 17.6. The molecule has 2 heterocycles. The van der Waals surface area contributed by atoms with Gasteiger partial charge in [-0.15, -0.1) is 0 Å².